The number of hydrogen-bond donors (Lipinski definition) is 0. The van der Waals surface area contributed by atoms with Crippen molar-refractivity contribution >= 4 is 38.2 Å². The first-order valence-electron chi connectivity index (χ1n) is 11.8. The Morgan fingerprint density at radius 2 is 2.09 bits per heavy atom. The molecule has 182 valence electrons. The van der Waals surface area contributed by atoms with Gasteiger partial charge in [-0.1, -0.05) is 6.08 Å². The zero-order valence-electron chi connectivity index (χ0n) is 18.9. The molecule has 2 aromatic rings. The van der Waals surface area contributed by atoms with E-state index >= 15 is 8.78 Å². The first-order chi connectivity index (χ1) is 16.4. The van der Waals surface area contributed by atoms with Crippen molar-refractivity contribution in [3.8, 4) is 6.01 Å². The quantitative estimate of drug-likeness (QED) is 0.531. The molecule has 0 aliphatic carbocycles. The van der Waals surface area contributed by atoms with Crippen LogP contribution < -0.4 is 9.64 Å². The van der Waals surface area contributed by atoms with E-state index in [4.69, 9.17) is 14.5 Å². The number of benzene rings is 1. The minimum absolute atomic E-state index is 0.0115. The lowest BCUT2D eigenvalue weighted by atomic mass is 9.95. The van der Waals surface area contributed by atoms with E-state index in [-0.39, 0.29) is 39.8 Å². The second-order valence-corrected chi connectivity index (χ2v) is 10.6. The highest BCUT2D eigenvalue weighted by Gasteiger charge is 2.49. The number of hydrogen-bond acceptors (Lipinski definition) is 6. The number of ether oxygens (including phenoxy) is 2. The number of allylic oxidation sites excluding steroid dienone is 1. The number of aromatic nitrogens is 2. The summed E-state index contributed by atoms with van der Waals surface area (Å²) in [4.78, 5) is 13.3. The molecular weight excluding hydrogens is 513 g/mol. The smallest absolute Gasteiger partial charge is 0.319 e. The molecule has 5 heterocycles. The van der Waals surface area contributed by atoms with Crippen molar-refractivity contribution in [3.05, 3.63) is 27.7 Å². The molecule has 3 atom stereocenters. The highest BCUT2D eigenvalue weighted by Crippen LogP contribution is 2.44. The Kier molecular flexibility index (Phi) is 5.53. The summed E-state index contributed by atoms with van der Waals surface area (Å²) in [6.45, 7) is 4.96. The Morgan fingerprint density at radius 1 is 1.24 bits per heavy atom. The number of fused-ring (bicyclic) bond motifs is 3. The van der Waals surface area contributed by atoms with E-state index in [1.165, 1.54) is 0 Å². The maximum absolute atomic E-state index is 15.4. The molecule has 10 heteroatoms. The van der Waals surface area contributed by atoms with Gasteiger partial charge in [0, 0.05) is 31.7 Å². The van der Waals surface area contributed by atoms with Crippen LogP contribution in [0.2, 0.25) is 0 Å². The second-order valence-electron chi connectivity index (χ2n) is 9.77. The summed E-state index contributed by atoms with van der Waals surface area (Å²) in [5.41, 5.74) is 0.600. The predicted octanol–water partition coefficient (Wildman–Crippen LogP) is 4.64. The van der Waals surface area contributed by atoms with Crippen LogP contribution in [0.15, 0.2) is 10.5 Å². The maximum atomic E-state index is 15.4. The standard InChI is InChI=1S/C24H26BrF3N4O2/c1-13-8-15-11-33-7-3-6-32(15)22-17-16(13)19(27)18(25)20(28)21(17)29-23(30-22)34-12-24-4-2-5-31(24)10-14(26)9-24/h8,14-15H,2-7,9-12H2,1H3/t14-,15+,24+/m1/s1. The lowest BCUT2D eigenvalue weighted by molar-refractivity contribution is 0.107. The normalized spacial score (nSPS) is 29.0. The van der Waals surface area contributed by atoms with Crippen molar-refractivity contribution in [3.63, 3.8) is 0 Å². The lowest BCUT2D eigenvalue weighted by Crippen LogP contribution is -2.43. The molecule has 0 radical (unpaired) electrons. The molecular formula is C24H26BrF3N4O2. The van der Waals surface area contributed by atoms with Crippen LogP contribution in [0.3, 0.4) is 0 Å². The third kappa shape index (κ3) is 3.44. The van der Waals surface area contributed by atoms with Crippen LogP contribution in [0.1, 0.15) is 38.2 Å². The monoisotopic (exact) mass is 538 g/mol. The molecule has 3 fully saturated rings. The van der Waals surface area contributed by atoms with E-state index < -0.39 is 17.8 Å². The van der Waals surface area contributed by atoms with Gasteiger partial charge in [-0.05, 0) is 54.2 Å². The van der Waals surface area contributed by atoms with Crippen LogP contribution in [0.25, 0.3) is 16.5 Å². The van der Waals surface area contributed by atoms with Gasteiger partial charge >= 0.3 is 6.01 Å². The van der Waals surface area contributed by atoms with Crippen molar-refractivity contribution < 1.29 is 22.6 Å². The van der Waals surface area contributed by atoms with E-state index in [2.05, 4.69) is 25.8 Å². The fraction of sp³-hybridized carbons (Fsp3) is 0.583. The van der Waals surface area contributed by atoms with Crippen molar-refractivity contribution in [2.75, 3.05) is 44.4 Å². The summed E-state index contributed by atoms with van der Waals surface area (Å²) in [6.07, 6.45) is 4.08. The van der Waals surface area contributed by atoms with E-state index in [1.807, 2.05) is 17.9 Å². The molecule has 0 N–H and O–H groups in total. The molecule has 6 nitrogen and oxygen atoms in total. The Hall–Kier alpha value is -1.91. The Morgan fingerprint density at radius 3 is 2.94 bits per heavy atom. The fourth-order valence-corrected chi connectivity index (χ4v) is 6.48. The summed E-state index contributed by atoms with van der Waals surface area (Å²) in [5, 5.41) is 0.342. The third-order valence-electron chi connectivity index (χ3n) is 7.65. The lowest BCUT2D eigenvalue weighted by Gasteiger charge is -2.31. The molecule has 34 heavy (non-hydrogen) atoms. The maximum Gasteiger partial charge on any atom is 0.319 e. The van der Waals surface area contributed by atoms with E-state index in [9.17, 15) is 4.39 Å². The van der Waals surface area contributed by atoms with E-state index in [0.29, 0.717) is 49.5 Å². The van der Waals surface area contributed by atoms with Crippen molar-refractivity contribution in [1.29, 1.82) is 0 Å². The van der Waals surface area contributed by atoms with Gasteiger partial charge in [-0.15, -0.1) is 0 Å². The average molecular weight is 539 g/mol. The van der Waals surface area contributed by atoms with Gasteiger partial charge in [-0.3, -0.25) is 4.90 Å². The van der Waals surface area contributed by atoms with Crippen LogP contribution in [0.5, 0.6) is 6.01 Å². The third-order valence-corrected chi connectivity index (χ3v) is 8.34. The molecule has 6 rings (SSSR count). The van der Waals surface area contributed by atoms with Crippen LogP contribution >= 0.6 is 15.9 Å². The minimum atomic E-state index is -0.878. The average Bonchev–Trinajstić information content (AvgIpc) is 3.18. The fourth-order valence-electron chi connectivity index (χ4n) is 6.10. The largest absolute Gasteiger partial charge is 0.461 e. The number of nitrogens with zero attached hydrogens (tertiary/aromatic N) is 4. The van der Waals surface area contributed by atoms with Crippen LogP contribution in [0.4, 0.5) is 19.0 Å². The molecule has 0 amide bonds. The summed E-state index contributed by atoms with van der Waals surface area (Å²) in [7, 11) is 0. The van der Waals surface area contributed by atoms with Gasteiger partial charge in [-0.2, -0.15) is 9.97 Å². The van der Waals surface area contributed by atoms with E-state index in [1.54, 1.807) is 0 Å². The van der Waals surface area contributed by atoms with Gasteiger partial charge in [-0.25, -0.2) is 13.2 Å². The predicted molar refractivity (Wildman–Crippen MR) is 126 cm³/mol. The first-order valence-corrected chi connectivity index (χ1v) is 12.6. The van der Waals surface area contributed by atoms with Gasteiger partial charge in [0.15, 0.2) is 5.82 Å². The SMILES string of the molecule is CC1=C[C@H]2COCCCN2c2nc(OC[C@@]34CCCN3C[C@H](F)C4)nc3c(F)c(Br)c(F)c1c23. The molecule has 0 bridgehead atoms. The Balaban J connectivity index is 1.48. The molecule has 0 spiro atoms. The molecule has 0 unspecified atom stereocenters. The van der Waals surface area contributed by atoms with Gasteiger partial charge in [0.05, 0.1) is 28.0 Å². The Bertz CT molecular complexity index is 1190. The first kappa shape index (κ1) is 22.5. The van der Waals surface area contributed by atoms with Crippen LogP contribution in [0, 0.1) is 11.6 Å². The van der Waals surface area contributed by atoms with Gasteiger partial charge in [0.2, 0.25) is 0 Å². The van der Waals surface area contributed by atoms with Gasteiger partial charge in [0.1, 0.15) is 29.9 Å². The highest BCUT2D eigenvalue weighted by atomic mass is 79.9. The van der Waals surface area contributed by atoms with Gasteiger partial charge < -0.3 is 14.4 Å². The number of anilines is 1. The Labute approximate surface area is 204 Å². The molecule has 4 aliphatic heterocycles. The van der Waals surface area contributed by atoms with E-state index in [0.717, 1.165) is 25.8 Å². The summed E-state index contributed by atoms with van der Waals surface area (Å²) >= 11 is 3.08. The molecule has 0 saturated carbocycles. The van der Waals surface area contributed by atoms with Crippen molar-refractivity contribution in [2.45, 2.75) is 50.4 Å². The van der Waals surface area contributed by atoms with Crippen LogP contribution in [-0.4, -0.2) is 72.1 Å². The van der Waals surface area contributed by atoms with Gasteiger partial charge in [0.25, 0.3) is 0 Å². The summed E-state index contributed by atoms with van der Waals surface area (Å²) in [6, 6.07) is -0.147. The summed E-state index contributed by atoms with van der Waals surface area (Å²) < 4.78 is 56.5. The second kappa shape index (κ2) is 8.34. The topological polar surface area (TPSA) is 50.7 Å². The van der Waals surface area contributed by atoms with Crippen molar-refractivity contribution in [2.24, 2.45) is 0 Å². The zero-order valence-corrected chi connectivity index (χ0v) is 20.5. The molecule has 4 aliphatic rings. The number of alkyl halides is 1. The minimum Gasteiger partial charge on any atom is -0.461 e. The van der Waals surface area contributed by atoms with Crippen LogP contribution in [-0.2, 0) is 4.74 Å². The molecule has 1 aromatic heterocycles. The number of rotatable bonds is 3. The molecule has 1 aromatic carbocycles. The zero-order chi connectivity index (χ0) is 23.6. The molecule has 3 saturated heterocycles. The van der Waals surface area contributed by atoms with Crippen molar-refractivity contribution in [1.82, 2.24) is 14.9 Å². The highest BCUT2D eigenvalue weighted by molar-refractivity contribution is 9.10. The summed E-state index contributed by atoms with van der Waals surface area (Å²) in [5.74, 6) is -1.01. The number of halogens is 4.